The Morgan fingerprint density at radius 1 is 1.00 bits per heavy atom. The molecule has 1 amide bonds. The number of hydrogen-bond acceptors (Lipinski definition) is 4. The molecule has 4 rings (SSSR count). The zero-order valence-electron chi connectivity index (χ0n) is 16.3. The monoisotopic (exact) mass is 493 g/mol. The van der Waals surface area contributed by atoms with E-state index in [1.165, 1.54) is 27.6 Å². The first kappa shape index (κ1) is 22.1. The number of anilines is 1. The van der Waals surface area contributed by atoms with Crippen molar-refractivity contribution in [1.82, 2.24) is 19.6 Å². The van der Waals surface area contributed by atoms with E-state index in [2.05, 4.69) is 15.5 Å². The molecule has 2 aromatic carbocycles. The maximum atomic E-state index is 14.0. The van der Waals surface area contributed by atoms with Gasteiger partial charge < -0.3 is 10.1 Å². The number of nitrogens with zero attached hydrogens (tertiary/aromatic N) is 4. The van der Waals surface area contributed by atoms with Crippen molar-refractivity contribution in [2.75, 3.05) is 5.32 Å². The molecule has 0 fully saturated rings. The minimum Gasteiger partial charge on any atom is -0.470 e. The molecule has 2 aromatic heterocycles. The molecule has 0 unspecified atom stereocenters. The summed E-state index contributed by atoms with van der Waals surface area (Å²) in [7, 11) is 0. The van der Waals surface area contributed by atoms with Crippen molar-refractivity contribution in [3.05, 3.63) is 93.1 Å². The highest BCUT2D eigenvalue weighted by Crippen LogP contribution is 2.27. The molecule has 32 heavy (non-hydrogen) atoms. The molecule has 4 aromatic rings. The van der Waals surface area contributed by atoms with Crippen LogP contribution in [-0.4, -0.2) is 25.5 Å². The second-order valence-electron chi connectivity index (χ2n) is 6.64. The predicted molar refractivity (Wildman–Crippen MR) is 120 cm³/mol. The Kier molecular flexibility index (Phi) is 6.64. The Morgan fingerprint density at radius 2 is 1.81 bits per heavy atom. The zero-order valence-corrected chi connectivity index (χ0v) is 18.6. The molecule has 1 N–H and O–H groups in total. The van der Waals surface area contributed by atoms with Crippen LogP contribution in [0.15, 0.2) is 60.9 Å². The summed E-state index contributed by atoms with van der Waals surface area (Å²) in [5.41, 5.74) is 0.483. The second-order valence-corrected chi connectivity index (χ2v) is 7.89. The average Bonchev–Trinajstić information content (AvgIpc) is 3.40. The van der Waals surface area contributed by atoms with Crippen molar-refractivity contribution in [3.8, 4) is 5.75 Å². The van der Waals surface area contributed by atoms with Crippen LogP contribution in [0.1, 0.15) is 16.1 Å². The van der Waals surface area contributed by atoms with Gasteiger partial charge in [-0.25, -0.2) is 9.07 Å². The van der Waals surface area contributed by atoms with E-state index in [0.717, 1.165) is 0 Å². The molecule has 0 radical (unpaired) electrons. The van der Waals surface area contributed by atoms with Gasteiger partial charge in [-0.05, 0) is 36.4 Å². The lowest BCUT2D eigenvalue weighted by atomic mass is 10.2. The highest BCUT2D eigenvalue weighted by molar-refractivity contribution is 6.35. The summed E-state index contributed by atoms with van der Waals surface area (Å²) in [5.74, 6) is -0.145. The van der Waals surface area contributed by atoms with E-state index in [9.17, 15) is 9.18 Å². The minimum absolute atomic E-state index is 0.0483. The summed E-state index contributed by atoms with van der Waals surface area (Å²) in [4.78, 5) is 12.5. The highest BCUT2D eigenvalue weighted by atomic mass is 35.5. The first-order valence-electron chi connectivity index (χ1n) is 9.28. The van der Waals surface area contributed by atoms with Crippen LogP contribution >= 0.6 is 34.8 Å². The van der Waals surface area contributed by atoms with Crippen molar-refractivity contribution in [1.29, 1.82) is 0 Å². The van der Waals surface area contributed by atoms with Gasteiger partial charge in [-0.3, -0.25) is 9.48 Å². The standard InChI is InChI=1S/C21H15Cl3FN5O2/c22-13-4-5-19(16(24)10-13)32-12-30-8-6-18(27-30)21(31)26-20-7-9-29(28-20)11-14-15(23)2-1-3-17(14)25/h1-10H,11-12H2,(H,26,28,31). The number of amides is 1. The van der Waals surface area contributed by atoms with Gasteiger partial charge in [-0.1, -0.05) is 40.9 Å². The molecule has 164 valence electrons. The Morgan fingerprint density at radius 3 is 2.59 bits per heavy atom. The molecule has 0 aliphatic carbocycles. The Bertz CT molecular complexity index is 1250. The number of ether oxygens (including phenoxy) is 1. The van der Waals surface area contributed by atoms with Gasteiger partial charge in [0.1, 0.15) is 11.6 Å². The van der Waals surface area contributed by atoms with Crippen LogP contribution in [0, 0.1) is 5.82 Å². The van der Waals surface area contributed by atoms with E-state index in [-0.39, 0.29) is 19.0 Å². The molecule has 0 saturated heterocycles. The maximum absolute atomic E-state index is 14.0. The van der Waals surface area contributed by atoms with Crippen LogP contribution in [0.5, 0.6) is 5.75 Å². The van der Waals surface area contributed by atoms with Crippen molar-refractivity contribution in [2.24, 2.45) is 0 Å². The Labute approximate surface area is 197 Å². The third-order valence-electron chi connectivity index (χ3n) is 4.38. The summed E-state index contributed by atoms with van der Waals surface area (Å²) in [6.45, 7) is 0.174. The fourth-order valence-corrected chi connectivity index (χ4v) is 3.51. The van der Waals surface area contributed by atoms with Crippen molar-refractivity contribution in [2.45, 2.75) is 13.3 Å². The fourth-order valence-electron chi connectivity index (χ4n) is 2.82. The molecule has 0 aliphatic heterocycles. The zero-order chi connectivity index (χ0) is 22.7. The van der Waals surface area contributed by atoms with E-state index in [0.29, 0.717) is 32.2 Å². The number of carbonyl (C=O) groups excluding carboxylic acids is 1. The average molecular weight is 495 g/mol. The van der Waals surface area contributed by atoms with E-state index in [1.54, 1.807) is 42.7 Å². The van der Waals surface area contributed by atoms with Crippen LogP contribution in [-0.2, 0) is 13.3 Å². The highest BCUT2D eigenvalue weighted by Gasteiger charge is 2.13. The van der Waals surface area contributed by atoms with Gasteiger partial charge in [0.2, 0.25) is 0 Å². The molecule has 0 aliphatic rings. The molecule has 2 heterocycles. The van der Waals surface area contributed by atoms with Crippen LogP contribution in [0.4, 0.5) is 10.2 Å². The third kappa shape index (κ3) is 5.21. The lowest BCUT2D eigenvalue weighted by Gasteiger charge is -2.08. The van der Waals surface area contributed by atoms with Crippen LogP contribution in [0.25, 0.3) is 0 Å². The van der Waals surface area contributed by atoms with Gasteiger partial charge in [-0.15, -0.1) is 0 Å². The van der Waals surface area contributed by atoms with E-state index in [1.807, 2.05) is 0 Å². The first-order valence-corrected chi connectivity index (χ1v) is 10.4. The summed E-state index contributed by atoms with van der Waals surface area (Å²) in [5, 5.41) is 12.2. The normalized spacial score (nSPS) is 10.9. The second kappa shape index (κ2) is 9.60. The number of carbonyl (C=O) groups is 1. The summed E-state index contributed by atoms with van der Waals surface area (Å²) in [6, 6.07) is 12.5. The summed E-state index contributed by atoms with van der Waals surface area (Å²) < 4.78 is 22.5. The fraction of sp³-hybridized carbons (Fsp3) is 0.0952. The first-order chi connectivity index (χ1) is 15.4. The SMILES string of the molecule is O=C(Nc1ccn(Cc2c(F)cccc2Cl)n1)c1ccn(COc2ccc(Cl)cc2Cl)n1. The number of nitrogens with one attached hydrogen (secondary N) is 1. The van der Waals surface area contributed by atoms with Crippen LogP contribution in [0.2, 0.25) is 15.1 Å². The molecule has 0 spiro atoms. The molecular formula is C21H15Cl3FN5O2. The molecule has 0 saturated carbocycles. The number of benzene rings is 2. The summed E-state index contributed by atoms with van der Waals surface area (Å²) >= 11 is 18.0. The van der Waals surface area contributed by atoms with Gasteiger partial charge in [0, 0.05) is 34.1 Å². The van der Waals surface area contributed by atoms with Crippen molar-refractivity contribution >= 4 is 46.5 Å². The predicted octanol–water partition coefficient (Wildman–Crippen LogP) is 5.52. The lowest BCUT2D eigenvalue weighted by Crippen LogP contribution is -2.15. The number of halogens is 4. The van der Waals surface area contributed by atoms with E-state index < -0.39 is 11.7 Å². The Balaban J connectivity index is 1.36. The number of aromatic nitrogens is 4. The lowest BCUT2D eigenvalue weighted by molar-refractivity contribution is 0.101. The minimum atomic E-state index is -0.456. The summed E-state index contributed by atoms with van der Waals surface area (Å²) in [6.07, 6.45) is 3.21. The van der Waals surface area contributed by atoms with E-state index >= 15 is 0 Å². The topological polar surface area (TPSA) is 74.0 Å². The van der Waals surface area contributed by atoms with Gasteiger partial charge >= 0.3 is 0 Å². The van der Waals surface area contributed by atoms with E-state index in [4.69, 9.17) is 39.5 Å². The van der Waals surface area contributed by atoms with Crippen molar-refractivity contribution < 1.29 is 13.9 Å². The van der Waals surface area contributed by atoms with Gasteiger partial charge in [0.05, 0.1) is 11.6 Å². The molecular weight excluding hydrogens is 480 g/mol. The third-order valence-corrected chi connectivity index (χ3v) is 5.27. The molecule has 11 heteroatoms. The van der Waals surface area contributed by atoms with Crippen LogP contribution in [0.3, 0.4) is 0 Å². The Hall–Kier alpha value is -3.07. The van der Waals surface area contributed by atoms with Gasteiger partial charge in [0.15, 0.2) is 18.2 Å². The van der Waals surface area contributed by atoms with Gasteiger partial charge in [0.25, 0.3) is 5.91 Å². The quantitative estimate of drug-likeness (QED) is 0.367. The number of rotatable bonds is 7. The van der Waals surface area contributed by atoms with Gasteiger partial charge in [-0.2, -0.15) is 10.2 Å². The maximum Gasteiger partial charge on any atom is 0.277 e. The molecule has 7 nitrogen and oxygen atoms in total. The smallest absolute Gasteiger partial charge is 0.277 e. The largest absolute Gasteiger partial charge is 0.470 e. The van der Waals surface area contributed by atoms with Crippen molar-refractivity contribution in [3.63, 3.8) is 0 Å². The number of hydrogen-bond donors (Lipinski definition) is 1. The molecule has 0 bridgehead atoms. The molecule has 0 atom stereocenters. The van der Waals surface area contributed by atoms with Crippen LogP contribution < -0.4 is 10.1 Å².